The average Bonchev–Trinajstić information content (AvgIpc) is 2.53. The van der Waals surface area contributed by atoms with E-state index in [0.717, 1.165) is 11.3 Å². The summed E-state index contributed by atoms with van der Waals surface area (Å²) in [6, 6.07) is 9.60. The summed E-state index contributed by atoms with van der Waals surface area (Å²) >= 11 is 1.61. The van der Waals surface area contributed by atoms with Crippen molar-refractivity contribution < 1.29 is 14.1 Å². The second-order valence-electron chi connectivity index (χ2n) is 4.64. The third-order valence-corrected chi connectivity index (χ3v) is 6.37. The highest BCUT2D eigenvalue weighted by Crippen LogP contribution is 2.50. The Morgan fingerprint density at radius 3 is 2.64 bits per heavy atom. The van der Waals surface area contributed by atoms with Gasteiger partial charge in [0.05, 0.1) is 12.7 Å². The summed E-state index contributed by atoms with van der Waals surface area (Å²) in [5.74, 6) is 0.509. The predicted molar refractivity (Wildman–Crippen MR) is 93.6 cm³/mol. The molecule has 1 rings (SSSR count). The molecule has 3 atom stereocenters. The molecule has 0 bridgehead atoms. The molecule has 3 N–H and O–H groups in total. The number of nitrogens with two attached hydrogens (primary N) is 1. The number of rotatable bonds is 10. The van der Waals surface area contributed by atoms with E-state index in [1.54, 1.807) is 25.2 Å². The van der Waals surface area contributed by atoms with E-state index in [1.165, 1.54) is 0 Å². The molecule has 124 valence electrons. The molecule has 0 spiro atoms. The first-order valence-corrected chi connectivity index (χ1v) is 10.2. The highest BCUT2D eigenvalue weighted by molar-refractivity contribution is 8.53. The molecular formula is C15H25N2O3PS. The molecule has 1 aromatic carbocycles. The summed E-state index contributed by atoms with van der Waals surface area (Å²) in [6.45, 7) is 6.53. The van der Waals surface area contributed by atoms with Gasteiger partial charge in [-0.1, -0.05) is 41.7 Å². The fourth-order valence-corrected chi connectivity index (χ4v) is 5.02. The average molecular weight is 344 g/mol. The van der Waals surface area contributed by atoms with Gasteiger partial charge in [-0.05, 0) is 26.3 Å². The standard InChI is InChI=1S/C15H25N2O3PS/c1-4-19-15(18)12(2)17-21(22-11-10-16)20-13(3)14-8-6-5-7-9-14/h5-9,12-13,17H,4,10-11,16H2,1-3H3/t12-,13-,21-/m0/s1. The minimum Gasteiger partial charge on any atom is -0.465 e. The van der Waals surface area contributed by atoms with Gasteiger partial charge in [0.1, 0.15) is 6.04 Å². The van der Waals surface area contributed by atoms with Crippen LogP contribution in [0, 0.1) is 0 Å². The highest BCUT2D eigenvalue weighted by Gasteiger charge is 2.22. The van der Waals surface area contributed by atoms with E-state index in [4.69, 9.17) is 15.0 Å². The Bertz CT molecular complexity index is 436. The van der Waals surface area contributed by atoms with Crippen LogP contribution in [-0.4, -0.2) is 30.9 Å². The number of benzene rings is 1. The molecule has 1 aromatic rings. The van der Waals surface area contributed by atoms with Crippen LogP contribution in [0.15, 0.2) is 30.3 Å². The van der Waals surface area contributed by atoms with Crippen LogP contribution >= 0.6 is 18.9 Å². The second-order valence-corrected chi connectivity index (χ2v) is 8.06. The summed E-state index contributed by atoms with van der Waals surface area (Å²) in [5.41, 5.74) is 6.68. The largest absolute Gasteiger partial charge is 0.465 e. The monoisotopic (exact) mass is 344 g/mol. The Labute approximate surface area is 138 Å². The van der Waals surface area contributed by atoms with E-state index in [-0.39, 0.29) is 12.1 Å². The molecule has 0 aliphatic rings. The smallest absolute Gasteiger partial charge is 0.323 e. The quantitative estimate of drug-likeness (QED) is 0.501. The zero-order valence-corrected chi connectivity index (χ0v) is 15.0. The lowest BCUT2D eigenvalue weighted by Gasteiger charge is -2.24. The van der Waals surface area contributed by atoms with E-state index in [2.05, 4.69) is 5.09 Å². The first-order chi connectivity index (χ1) is 10.6. The van der Waals surface area contributed by atoms with Crippen molar-refractivity contribution in [3.8, 4) is 0 Å². The number of carbonyl (C=O) groups is 1. The summed E-state index contributed by atoms with van der Waals surface area (Å²) in [6.07, 6.45) is -0.0560. The fraction of sp³-hybridized carbons (Fsp3) is 0.533. The second kappa shape index (κ2) is 11.0. The normalized spacial score (nSPS) is 15.1. The topological polar surface area (TPSA) is 73.6 Å². The van der Waals surface area contributed by atoms with Crippen molar-refractivity contribution in [2.75, 3.05) is 18.9 Å². The summed E-state index contributed by atoms with van der Waals surface area (Å²) < 4.78 is 11.1. The number of esters is 1. The number of hydrogen-bond donors (Lipinski definition) is 2. The molecule has 0 aliphatic heterocycles. The minimum absolute atomic E-state index is 0.0560. The maximum Gasteiger partial charge on any atom is 0.323 e. The fourth-order valence-electron chi connectivity index (χ4n) is 1.64. The van der Waals surface area contributed by atoms with Crippen LogP contribution in [0.2, 0.25) is 0 Å². The highest BCUT2D eigenvalue weighted by atomic mass is 32.7. The number of nitrogens with one attached hydrogen (secondary N) is 1. The van der Waals surface area contributed by atoms with Crippen LogP contribution in [0.1, 0.15) is 32.4 Å². The van der Waals surface area contributed by atoms with Gasteiger partial charge >= 0.3 is 5.97 Å². The molecule has 0 saturated carbocycles. The van der Waals surface area contributed by atoms with Crippen LogP contribution in [0.5, 0.6) is 0 Å². The van der Waals surface area contributed by atoms with Gasteiger partial charge in [0.15, 0.2) is 7.50 Å². The van der Waals surface area contributed by atoms with Crippen molar-refractivity contribution in [3.63, 3.8) is 0 Å². The SMILES string of the molecule is CCOC(=O)[C@H](C)N[P@@](O[C@@H](C)c1ccccc1)SCCN. The lowest BCUT2D eigenvalue weighted by atomic mass is 10.1. The van der Waals surface area contributed by atoms with Crippen LogP contribution < -0.4 is 10.8 Å². The molecule has 7 heteroatoms. The first-order valence-electron chi connectivity index (χ1n) is 7.36. The van der Waals surface area contributed by atoms with Crippen molar-refractivity contribution in [1.82, 2.24) is 5.09 Å². The molecule has 0 radical (unpaired) electrons. The van der Waals surface area contributed by atoms with Gasteiger partial charge in [0, 0.05) is 12.3 Å². The van der Waals surface area contributed by atoms with E-state index >= 15 is 0 Å². The van der Waals surface area contributed by atoms with Gasteiger partial charge in [-0.25, -0.2) is 0 Å². The lowest BCUT2D eigenvalue weighted by Crippen LogP contribution is -2.32. The molecule has 0 aliphatic carbocycles. The van der Waals surface area contributed by atoms with Gasteiger partial charge in [0.25, 0.3) is 0 Å². The zero-order chi connectivity index (χ0) is 16.4. The molecule has 0 heterocycles. The van der Waals surface area contributed by atoms with Crippen molar-refractivity contribution in [1.29, 1.82) is 0 Å². The Hall–Kier alpha value is -0.650. The van der Waals surface area contributed by atoms with Gasteiger partial charge in [-0.2, -0.15) is 0 Å². The maximum atomic E-state index is 11.7. The molecule has 0 amide bonds. The summed E-state index contributed by atoms with van der Waals surface area (Å²) in [5, 5.41) is 3.21. The molecular weight excluding hydrogens is 319 g/mol. The maximum absolute atomic E-state index is 11.7. The molecule has 0 aromatic heterocycles. The Morgan fingerprint density at radius 1 is 1.36 bits per heavy atom. The summed E-state index contributed by atoms with van der Waals surface area (Å²) in [7, 11) is -1.03. The number of ether oxygens (including phenoxy) is 1. The lowest BCUT2D eigenvalue weighted by molar-refractivity contribution is -0.144. The predicted octanol–water partition coefficient (Wildman–Crippen LogP) is 3.22. The van der Waals surface area contributed by atoms with Crippen LogP contribution in [0.4, 0.5) is 0 Å². The summed E-state index contributed by atoms with van der Waals surface area (Å²) in [4.78, 5) is 11.7. The van der Waals surface area contributed by atoms with Crippen molar-refractivity contribution in [2.24, 2.45) is 5.73 Å². The molecule has 22 heavy (non-hydrogen) atoms. The van der Waals surface area contributed by atoms with E-state index in [9.17, 15) is 4.79 Å². The third kappa shape index (κ3) is 7.07. The van der Waals surface area contributed by atoms with Crippen molar-refractivity contribution in [2.45, 2.75) is 32.9 Å². The zero-order valence-electron chi connectivity index (χ0n) is 13.3. The minimum atomic E-state index is -1.03. The van der Waals surface area contributed by atoms with Gasteiger partial charge in [-0.15, -0.1) is 0 Å². The van der Waals surface area contributed by atoms with Gasteiger partial charge in [-0.3, -0.25) is 9.88 Å². The van der Waals surface area contributed by atoms with Crippen molar-refractivity contribution >= 4 is 24.9 Å². The van der Waals surface area contributed by atoms with Gasteiger partial charge < -0.3 is 15.0 Å². The molecule has 0 unspecified atom stereocenters. The number of hydrogen-bond acceptors (Lipinski definition) is 6. The van der Waals surface area contributed by atoms with Crippen molar-refractivity contribution in [3.05, 3.63) is 35.9 Å². The first kappa shape index (κ1) is 19.4. The molecule has 5 nitrogen and oxygen atoms in total. The van der Waals surface area contributed by atoms with E-state index in [1.807, 2.05) is 37.3 Å². The number of carbonyl (C=O) groups excluding carboxylic acids is 1. The van der Waals surface area contributed by atoms with E-state index < -0.39 is 13.5 Å². The van der Waals surface area contributed by atoms with Gasteiger partial charge in [0.2, 0.25) is 0 Å². The Kier molecular flexibility index (Phi) is 9.68. The third-order valence-electron chi connectivity index (χ3n) is 2.79. The Balaban J connectivity index is 2.61. The van der Waals surface area contributed by atoms with Crippen LogP contribution in [-0.2, 0) is 14.1 Å². The van der Waals surface area contributed by atoms with E-state index in [0.29, 0.717) is 13.2 Å². The molecule has 0 fully saturated rings. The molecule has 0 saturated heterocycles. The van der Waals surface area contributed by atoms with Crippen LogP contribution in [0.25, 0.3) is 0 Å². The Morgan fingerprint density at radius 2 is 2.05 bits per heavy atom. The van der Waals surface area contributed by atoms with Crippen LogP contribution in [0.3, 0.4) is 0 Å².